The molecule has 0 fully saturated rings. The molecule has 0 saturated heterocycles. The second kappa shape index (κ2) is 6.21. The van der Waals surface area contributed by atoms with Gasteiger partial charge < -0.3 is 19.8 Å². The number of hydrogen-bond donors (Lipinski definition) is 2. The first kappa shape index (κ1) is 14.1. The van der Waals surface area contributed by atoms with Crippen LogP contribution in [0.5, 0.6) is 5.75 Å². The van der Waals surface area contributed by atoms with Crippen molar-refractivity contribution in [1.29, 1.82) is 0 Å². The van der Waals surface area contributed by atoms with Crippen molar-refractivity contribution in [3.63, 3.8) is 0 Å². The molecular weight excluding hydrogens is 260 g/mol. The smallest absolute Gasteiger partial charge is 0.256 e. The zero-order chi connectivity index (χ0) is 14.5. The van der Waals surface area contributed by atoms with E-state index in [0.717, 1.165) is 0 Å². The molecule has 2 aromatic rings. The van der Waals surface area contributed by atoms with Crippen molar-refractivity contribution in [2.45, 2.75) is 0 Å². The number of benzene rings is 1. The maximum atomic E-state index is 12.2. The topological polar surface area (TPSA) is 80.4 Å². The Morgan fingerprint density at radius 3 is 2.85 bits per heavy atom. The van der Waals surface area contributed by atoms with Gasteiger partial charge in [-0.05, 0) is 12.1 Å². The van der Waals surface area contributed by atoms with E-state index in [4.69, 9.17) is 9.47 Å². The number of carbonyl (C=O) groups is 1. The van der Waals surface area contributed by atoms with Crippen molar-refractivity contribution in [2.24, 2.45) is 0 Å². The Hall–Kier alpha value is -2.34. The van der Waals surface area contributed by atoms with Crippen LogP contribution in [0.1, 0.15) is 10.4 Å². The summed E-state index contributed by atoms with van der Waals surface area (Å²) in [6, 6.07) is 5.03. The summed E-state index contributed by atoms with van der Waals surface area (Å²) in [5.74, 6) is 0.228. The van der Waals surface area contributed by atoms with Crippen LogP contribution in [0.15, 0.2) is 29.2 Å². The van der Waals surface area contributed by atoms with Crippen molar-refractivity contribution in [3.8, 4) is 5.75 Å². The normalized spacial score (nSPS) is 10.5. The van der Waals surface area contributed by atoms with E-state index in [9.17, 15) is 9.59 Å². The first-order chi connectivity index (χ1) is 9.67. The number of aromatic amines is 1. The number of carbonyl (C=O) groups excluding carboxylic acids is 1. The first-order valence-corrected chi connectivity index (χ1v) is 6.14. The molecule has 2 rings (SSSR count). The van der Waals surface area contributed by atoms with Crippen LogP contribution in [-0.4, -0.2) is 38.3 Å². The minimum atomic E-state index is -0.416. The van der Waals surface area contributed by atoms with Gasteiger partial charge in [-0.2, -0.15) is 0 Å². The second-order valence-corrected chi connectivity index (χ2v) is 4.19. The minimum absolute atomic E-state index is 0.0822. The average Bonchev–Trinajstić information content (AvgIpc) is 2.47. The Kier molecular flexibility index (Phi) is 4.37. The molecule has 1 aromatic heterocycles. The summed E-state index contributed by atoms with van der Waals surface area (Å²) >= 11 is 0. The lowest BCUT2D eigenvalue weighted by molar-refractivity contribution is 0.0936. The highest BCUT2D eigenvalue weighted by Crippen LogP contribution is 2.16. The van der Waals surface area contributed by atoms with Crippen LogP contribution in [0.4, 0.5) is 0 Å². The Morgan fingerprint density at radius 2 is 2.15 bits per heavy atom. The van der Waals surface area contributed by atoms with Crippen LogP contribution in [0.3, 0.4) is 0 Å². The minimum Gasteiger partial charge on any atom is -0.497 e. The van der Waals surface area contributed by atoms with Gasteiger partial charge in [-0.1, -0.05) is 0 Å². The molecular formula is C14H16N2O4. The van der Waals surface area contributed by atoms with Crippen molar-refractivity contribution in [2.75, 3.05) is 27.4 Å². The van der Waals surface area contributed by atoms with Crippen molar-refractivity contribution in [3.05, 3.63) is 40.2 Å². The molecule has 0 aliphatic heterocycles. The van der Waals surface area contributed by atoms with E-state index in [-0.39, 0.29) is 11.0 Å². The van der Waals surface area contributed by atoms with E-state index in [2.05, 4.69) is 10.3 Å². The van der Waals surface area contributed by atoms with Gasteiger partial charge in [0.15, 0.2) is 0 Å². The summed E-state index contributed by atoms with van der Waals surface area (Å²) in [5, 5.41) is 3.07. The van der Waals surface area contributed by atoms with Crippen LogP contribution < -0.4 is 15.5 Å². The Bertz CT molecular complexity index is 678. The van der Waals surface area contributed by atoms with Gasteiger partial charge in [-0.3, -0.25) is 9.59 Å². The SMILES string of the molecule is COCCNC(=O)c1c[nH]c2cc(OC)ccc2c1=O. The van der Waals surface area contributed by atoms with Gasteiger partial charge in [0.25, 0.3) is 5.91 Å². The zero-order valence-corrected chi connectivity index (χ0v) is 11.4. The van der Waals surface area contributed by atoms with Gasteiger partial charge in [0.1, 0.15) is 11.3 Å². The van der Waals surface area contributed by atoms with Gasteiger partial charge in [-0.25, -0.2) is 0 Å². The van der Waals surface area contributed by atoms with Gasteiger partial charge >= 0.3 is 0 Å². The highest BCUT2D eigenvalue weighted by molar-refractivity contribution is 5.97. The fourth-order valence-corrected chi connectivity index (χ4v) is 1.86. The monoisotopic (exact) mass is 276 g/mol. The van der Waals surface area contributed by atoms with Gasteiger partial charge in [0, 0.05) is 31.3 Å². The van der Waals surface area contributed by atoms with Crippen LogP contribution in [0.25, 0.3) is 10.9 Å². The number of rotatable bonds is 5. The number of amides is 1. The van der Waals surface area contributed by atoms with Gasteiger partial charge in [0.05, 0.1) is 19.2 Å². The van der Waals surface area contributed by atoms with Crippen molar-refractivity contribution >= 4 is 16.8 Å². The molecule has 0 aliphatic carbocycles. The Morgan fingerprint density at radius 1 is 1.35 bits per heavy atom. The summed E-state index contributed by atoms with van der Waals surface area (Å²) in [5.41, 5.74) is 0.401. The maximum Gasteiger partial charge on any atom is 0.256 e. The number of pyridine rings is 1. The number of H-pyrrole nitrogens is 1. The maximum absolute atomic E-state index is 12.2. The van der Waals surface area contributed by atoms with Crippen LogP contribution in [-0.2, 0) is 4.74 Å². The Balaban J connectivity index is 2.34. The molecule has 1 amide bonds. The third kappa shape index (κ3) is 2.80. The van der Waals surface area contributed by atoms with Crippen molar-refractivity contribution in [1.82, 2.24) is 10.3 Å². The summed E-state index contributed by atoms with van der Waals surface area (Å²) in [6.07, 6.45) is 1.41. The van der Waals surface area contributed by atoms with E-state index < -0.39 is 5.91 Å². The van der Waals surface area contributed by atoms with Crippen LogP contribution >= 0.6 is 0 Å². The number of hydrogen-bond acceptors (Lipinski definition) is 4. The molecule has 106 valence electrons. The first-order valence-electron chi connectivity index (χ1n) is 6.14. The van der Waals surface area contributed by atoms with Gasteiger partial charge in [-0.15, -0.1) is 0 Å². The fraction of sp³-hybridized carbons (Fsp3) is 0.286. The summed E-state index contributed by atoms with van der Waals surface area (Å²) in [7, 11) is 3.10. The van der Waals surface area contributed by atoms with E-state index in [1.807, 2.05) is 0 Å². The molecule has 0 spiro atoms. The average molecular weight is 276 g/mol. The van der Waals surface area contributed by atoms with Gasteiger partial charge in [0.2, 0.25) is 5.43 Å². The van der Waals surface area contributed by atoms with Crippen LogP contribution in [0, 0.1) is 0 Å². The highest BCUT2D eigenvalue weighted by atomic mass is 16.5. The summed E-state index contributed by atoms with van der Waals surface area (Å²) in [6.45, 7) is 0.754. The Labute approximate surface area is 115 Å². The van der Waals surface area contributed by atoms with E-state index in [0.29, 0.717) is 29.8 Å². The lowest BCUT2D eigenvalue weighted by Crippen LogP contribution is -2.31. The fourth-order valence-electron chi connectivity index (χ4n) is 1.86. The predicted molar refractivity (Wildman–Crippen MR) is 75.3 cm³/mol. The third-order valence-corrected chi connectivity index (χ3v) is 2.92. The molecule has 2 N–H and O–H groups in total. The lowest BCUT2D eigenvalue weighted by Gasteiger charge is -2.06. The molecule has 20 heavy (non-hydrogen) atoms. The highest BCUT2D eigenvalue weighted by Gasteiger charge is 2.12. The van der Waals surface area contributed by atoms with E-state index >= 15 is 0 Å². The molecule has 0 atom stereocenters. The summed E-state index contributed by atoms with van der Waals surface area (Å²) < 4.78 is 9.93. The zero-order valence-electron chi connectivity index (χ0n) is 11.4. The molecule has 6 heteroatoms. The molecule has 6 nitrogen and oxygen atoms in total. The largest absolute Gasteiger partial charge is 0.497 e. The standard InChI is InChI=1S/C14H16N2O4/c1-19-6-5-15-14(18)11-8-16-12-7-9(20-2)3-4-10(12)13(11)17/h3-4,7-8H,5-6H2,1-2H3,(H,15,18)(H,16,17). The molecule has 1 heterocycles. The number of methoxy groups -OCH3 is 2. The quantitative estimate of drug-likeness (QED) is 0.796. The molecule has 0 bridgehead atoms. The van der Waals surface area contributed by atoms with Crippen LogP contribution in [0.2, 0.25) is 0 Å². The molecule has 0 unspecified atom stereocenters. The number of ether oxygens (including phenoxy) is 2. The molecule has 0 radical (unpaired) electrons. The lowest BCUT2D eigenvalue weighted by atomic mass is 10.1. The second-order valence-electron chi connectivity index (χ2n) is 4.19. The third-order valence-electron chi connectivity index (χ3n) is 2.92. The van der Waals surface area contributed by atoms with E-state index in [1.54, 1.807) is 32.4 Å². The van der Waals surface area contributed by atoms with E-state index in [1.165, 1.54) is 6.20 Å². The number of aromatic nitrogens is 1. The molecule has 0 saturated carbocycles. The molecule has 1 aromatic carbocycles. The predicted octanol–water partition coefficient (Wildman–Crippen LogP) is 0.913. The molecule has 0 aliphatic rings. The summed E-state index contributed by atoms with van der Waals surface area (Å²) in [4.78, 5) is 27.1. The van der Waals surface area contributed by atoms with Crippen molar-refractivity contribution < 1.29 is 14.3 Å². The number of fused-ring (bicyclic) bond motifs is 1. The number of nitrogens with one attached hydrogen (secondary N) is 2.